The maximum absolute atomic E-state index is 11.2. The van der Waals surface area contributed by atoms with Gasteiger partial charge in [-0.15, -0.1) is 0 Å². The molecule has 2 nitrogen and oxygen atoms in total. The fraction of sp³-hybridized carbons (Fsp3) is 0.684. The Morgan fingerprint density at radius 3 is 1.81 bits per heavy atom. The van der Waals surface area contributed by atoms with Gasteiger partial charge in [0.2, 0.25) is 0 Å². The van der Waals surface area contributed by atoms with Crippen LogP contribution in [0.3, 0.4) is 0 Å². The first-order valence-electron chi connectivity index (χ1n) is 8.74. The third-order valence-electron chi connectivity index (χ3n) is 4.07. The number of aryl methyl sites for hydroxylation is 1. The van der Waals surface area contributed by atoms with Gasteiger partial charge in [0.05, 0.1) is 0 Å². The van der Waals surface area contributed by atoms with E-state index in [1.165, 1.54) is 64.2 Å². The van der Waals surface area contributed by atoms with Gasteiger partial charge in [0.25, 0.3) is 0 Å². The predicted molar refractivity (Wildman–Crippen MR) is 88.5 cm³/mol. The van der Waals surface area contributed by atoms with Crippen molar-refractivity contribution in [3.63, 3.8) is 0 Å². The maximum Gasteiger partial charge on any atom is 0.169 e. The van der Waals surface area contributed by atoms with Crippen LogP contribution in [-0.4, -0.2) is 5.78 Å². The number of hydrogen-bond acceptors (Lipinski definition) is 1. The molecule has 118 valence electrons. The van der Waals surface area contributed by atoms with E-state index in [1.807, 2.05) is 24.5 Å². The summed E-state index contributed by atoms with van der Waals surface area (Å²) in [7, 11) is 0. The summed E-state index contributed by atoms with van der Waals surface area (Å²) in [5.41, 5.74) is 0.800. The van der Waals surface area contributed by atoms with Crippen molar-refractivity contribution in [1.29, 1.82) is 0 Å². The predicted octanol–water partition coefficient (Wildman–Crippen LogP) is 5.10. The Hall–Kier alpha value is -1.18. The molecule has 0 aliphatic carbocycles. The number of unbranched alkanes of at least 4 members (excludes halogenated alkanes) is 9. The molecule has 0 aliphatic heterocycles. The Morgan fingerprint density at radius 2 is 1.33 bits per heavy atom. The van der Waals surface area contributed by atoms with Gasteiger partial charge in [-0.3, -0.25) is 4.79 Å². The lowest BCUT2D eigenvalue weighted by atomic mass is 10.1. The molecule has 0 atom stereocenters. The Bertz CT molecular complexity index is 383. The van der Waals surface area contributed by atoms with Crippen LogP contribution in [0, 0.1) is 0 Å². The smallest absolute Gasteiger partial charge is 0.169 e. The molecule has 0 saturated carbocycles. The normalized spacial score (nSPS) is 10.8. The monoisotopic (exact) mass is 290 g/mol. The van der Waals surface area contributed by atoms with Gasteiger partial charge < -0.3 is 0 Å². The zero-order chi connectivity index (χ0) is 15.3. The third-order valence-corrected chi connectivity index (χ3v) is 4.07. The highest BCUT2D eigenvalue weighted by Crippen LogP contribution is 2.10. The lowest BCUT2D eigenvalue weighted by Crippen LogP contribution is -2.32. The van der Waals surface area contributed by atoms with E-state index in [2.05, 4.69) is 11.5 Å². The molecule has 0 unspecified atom stereocenters. The molecule has 1 aromatic heterocycles. The molecule has 0 bridgehead atoms. The number of ketones is 1. The van der Waals surface area contributed by atoms with Crippen LogP contribution in [0.1, 0.15) is 88.4 Å². The van der Waals surface area contributed by atoms with Gasteiger partial charge >= 0.3 is 0 Å². The largest absolute Gasteiger partial charge is 0.295 e. The summed E-state index contributed by atoms with van der Waals surface area (Å²) in [5.74, 6) is 0.140. The van der Waals surface area contributed by atoms with Crippen LogP contribution in [-0.2, 0) is 6.54 Å². The number of aromatic nitrogens is 1. The van der Waals surface area contributed by atoms with Crippen molar-refractivity contribution in [2.24, 2.45) is 0 Å². The van der Waals surface area contributed by atoms with E-state index >= 15 is 0 Å². The summed E-state index contributed by atoms with van der Waals surface area (Å²) >= 11 is 0. The first kappa shape index (κ1) is 17.9. The molecular weight excluding hydrogens is 258 g/mol. The van der Waals surface area contributed by atoms with Gasteiger partial charge in [-0.1, -0.05) is 58.3 Å². The van der Waals surface area contributed by atoms with Crippen molar-refractivity contribution in [3.05, 3.63) is 30.1 Å². The maximum atomic E-state index is 11.2. The lowest BCUT2D eigenvalue weighted by molar-refractivity contribution is -0.697. The van der Waals surface area contributed by atoms with E-state index in [4.69, 9.17) is 0 Å². The SMILES string of the molecule is CCCCCCCCCCCC[n+]1ccc(C(C)=O)cc1. The van der Waals surface area contributed by atoms with Gasteiger partial charge in [0.1, 0.15) is 6.54 Å². The topological polar surface area (TPSA) is 20.9 Å². The number of carbonyl (C=O) groups excluding carboxylic acids is 1. The molecule has 2 heteroatoms. The number of Topliss-reactive ketones (excluding diaryl/α,β-unsaturated/α-hetero) is 1. The second kappa shape index (κ2) is 11.5. The summed E-state index contributed by atoms with van der Waals surface area (Å²) in [6.07, 6.45) is 17.7. The van der Waals surface area contributed by atoms with Gasteiger partial charge in [-0.2, -0.15) is 0 Å². The van der Waals surface area contributed by atoms with E-state index in [-0.39, 0.29) is 5.78 Å². The number of carbonyl (C=O) groups is 1. The third kappa shape index (κ3) is 8.64. The van der Waals surface area contributed by atoms with Crippen LogP contribution in [0.4, 0.5) is 0 Å². The average molecular weight is 290 g/mol. The average Bonchev–Trinajstić information content (AvgIpc) is 2.49. The fourth-order valence-corrected chi connectivity index (χ4v) is 2.62. The van der Waals surface area contributed by atoms with Crippen molar-refractivity contribution >= 4 is 5.78 Å². The number of rotatable bonds is 12. The minimum absolute atomic E-state index is 0.140. The molecule has 0 saturated heterocycles. The highest BCUT2D eigenvalue weighted by Gasteiger charge is 2.03. The molecular formula is C19H32NO+. The molecule has 0 N–H and O–H groups in total. The standard InChI is InChI=1S/C19H32NO/c1-3-4-5-6-7-8-9-10-11-12-15-20-16-13-19(14-17-20)18(2)21/h13-14,16-17H,3-12,15H2,1-2H3/q+1. The van der Waals surface area contributed by atoms with E-state index in [1.54, 1.807) is 6.92 Å². The molecule has 21 heavy (non-hydrogen) atoms. The first-order valence-corrected chi connectivity index (χ1v) is 8.74. The zero-order valence-corrected chi connectivity index (χ0v) is 13.9. The molecule has 0 aromatic carbocycles. The summed E-state index contributed by atoms with van der Waals surface area (Å²) in [5, 5.41) is 0. The van der Waals surface area contributed by atoms with Gasteiger partial charge in [-0.25, -0.2) is 4.57 Å². The van der Waals surface area contributed by atoms with Crippen LogP contribution >= 0.6 is 0 Å². The molecule has 1 rings (SSSR count). The van der Waals surface area contributed by atoms with E-state index in [0.717, 1.165) is 12.1 Å². The van der Waals surface area contributed by atoms with Gasteiger partial charge in [0, 0.05) is 24.1 Å². The second-order valence-electron chi connectivity index (χ2n) is 6.06. The summed E-state index contributed by atoms with van der Waals surface area (Å²) in [6, 6.07) is 3.83. The molecule has 0 fully saturated rings. The summed E-state index contributed by atoms with van der Waals surface area (Å²) < 4.78 is 2.18. The van der Waals surface area contributed by atoms with Crippen molar-refractivity contribution in [1.82, 2.24) is 0 Å². The van der Waals surface area contributed by atoms with Crippen LogP contribution in [0.2, 0.25) is 0 Å². The zero-order valence-electron chi connectivity index (χ0n) is 13.9. The van der Waals surface area contributed by atoms with Crippen molar-refractivity contribution in [3.8, 4) is 0 Å². The van der Waals surface area contributed by atoms with Gasteiger partial charge in [0.15, 0.2) is 18.2 Å². The van der Waals surface area contributed by atoms with Crippen LogP contribution in [0.15, 0.2) is 24.5 Å². The quantitative estimate of drug-likeness (QED) is 0.298. The summed E-state index contributed by atoms with van der Waals surface area (Å²) in [4.78, 5) is 11.2. The van der Waals surface area contributed by atoms with E-state index in [9.17, 15) is 4.79 Å². The van der Waals surface area contributed by atoms with Crippen LogP contribution in [0.5, 0.6) is 0 Å². The van der Waals surface area contributed by atoms with E-state index < -0.39 is 0 Å². The Kier molecular flexibility index (Phi) is 9.77. The first-order chi connectivity index (χ1) is 10.2. The lowest BCUT2D eigenvalue weighted by Gasteiger charge is -2.01. The molecule has 0 spiro atoms. The highest BCUT2D eigenvalue weighted by atomic mass is 16.1. The molecule has 1 aromatic rings. The highest BCUT2D eigenvalue weighted by molar-refractivity contribution is 5.93. The number of pyridine rings is 1. The number of nitrogens with zero attached hydrogens (tertiary/aromatic N) is 1. The van der Waals surface area contributed by atoms with Crippen LogP contribution in [0.25, 0.3) is 0 Å². The Balaban J connectivity index is 1.98. The molecule has 1 heterocycles. The minimum Gasteiger partial charge on any atom is -0.295 e. The van der Waals surface area contributed by atoms with E-state index in [0.29, 0.717) is 0 Å². The Morgan fingerprint density at radius 1 is 0.857 bits per heavy atom. The van der Waals surface area contributed by atoms with Crippen molar-refractivity contribution < 1.29 is 9.36 Å². The number of hydrogen-bond donors (Lipinski definition) is 0. The molecule has 0 radical (unpaired) electrons. The minimum atomic E-state index is 0.140. The van der Waals surface area contributed by atoms with Gasteiger partial charge in [-0.05, 0) is 13.3 Å². The van der Waals surface area contributed by atoms with Crippen LogP contribution < -0.4 is 4.57 Å². The van der Waals surface area contributed by atoms with Crippen molar-refractivity contribution in [2.75, 3.05) is 0 Å². The van der Waals surface area contributed by atoms with Crippen molar-refractivity contribution in [2.45, 2.75) is 84.6 Å². The summed E-state index contributed by atoms with van der Waals surface area (Å²) in [6.45, 7) is 4.95. The second-order valence-corrected chi connectivity index (χ2v) is 6.06. The molecule has 0 aliphatic rings. The Labute approximate surface area is 130 Å². The molecule has 0 amide bonds. The fourth-order valence-electron chi connectivity index (χ4n) is 2.62.